The zero-order chi connectivity index (χ0) is 6.95. The van der Waals surface area contributed by atoms with E-state index in [4.69, 9.17) is 14.2 Å². The van der Waals surface area contributed by atoms with Crippen LogP contribution in [0.15, 0.2) is 0 Å². The predicted molar refractivity (Wildman–Crippen MR) is 47.4 cm³/mol. The summed E-state index contributed by atoms with van der Waals surface area (Å²) in [5.41, 5.74) is 0. The molecule has 0 aliphatic carbocycles. The number of methoxy groups -OCH3 is 2. The van der Waals surface area contributed by atoms with Crippen molar-refractivity contribution in [2.45, 2.75) is 0 Å². The van der Waals surface area contributed by atoms with E-state index in [9.17, 15) is 0 Å². The van der Waals surface area contributed by atoms with E-state index in [1.807, 2.05) is 0 Å². The first-order chi connectivity index (χ1) is 4.41. The van der Waals surface area contributed by atoms with E-state index >= 15 is 0 Å². The Bertz CT molecular complexity index is 47.6. The molecule has 0 aromatic rings. The van der Waals surface area contributed by atoms with Crippen LogP contribution in [0.1, 0.15) is 0 Å². The van der Waals surface area contributed by atoms with Crippen LogP contribution in [0.2, 0.25) is 0 Å². The van der Waals surface area contributed by atoms with Crippen LogP contribution in [0.3, 0.4) is 0 Å². The third-order valence-corrected chi connectivity index (χ3v) is 0.864. The van der Waals surface area contributed by atoms with Gasteiger partial charge in [0.2, 0.25) is 0 Å². The van der Waals surface area contributed by atoms with E-state index in [0.717, 1.165) is 0 Å². The molecule has 0 spiro atoms. The van der Waals surface area contributed by atoms with Gasteiger partial charge in [-0.1, -0.05) is 0 Å². The molecule has 0 saturated carbocycles. The van der Waals surface area contributed by atoms with Gasteiger partial charge in [-0.15, -0.1) is 0 Å². The predicted octanol–water partition coefficient (Wildman–Crippen LogP) is 1.19. The molecule has 0 amide bonds. The second-order valence-electron chi connectivity index (χ2n) is 1.60. The normalized spacial score (nSPS) is 7.50. The van der Waals surface area contributed by atoms with Crippen molar-refractivity contribution in [3.63, 3.8) is 0 Å². The number of hydrogen-bond donors (Lipinski definition) is 0. The quantitative estimate of drug-likeness (QED) is 0.389. The van der Waals surface area contributed by atoms with E-state index in [1.54, 1.807) is 14.2 Å². The Morgan fingerprint density at radius 1 is 0.750 bits per heavy atom. The van der Waals surface area contributed by atoms with E-state index in [2.05, 4.69) is 0 Å². The van der Waals surface area contributed by atoms with Gasteiger partial charge in [0.25, 0.3) is 0 Å². The smallest absolute Gasteiger partial charge is 0.382 e. The van der Waals surface area contributed by atoms with E-state index in [0.29, 0.717) is 26.4 Å². The summed E-state index contributed by atoms with van der Waals surface area (Å²) in [4.78, 5) is 0. The summed E-state index contributed by atoms with van der Waals surface area (Å²) in [5.74, 6) is 0. The molecule has 0 unspecified atom stereocenters. The van der Waals surface area contributed by atoms with Crippen LogP contribution < -0.4 is 0 Å². The number of ether oxygens (including phenoxy) is 3. The van der Waals surface area contributed by atoms with Crippen LogP contribution in [-0.2, 0) is 33.7 Å². The molecular formula is C8H20O3Zn. The van der Waals surface area contributed by atoms with Gasteiger partial charge in [0.15, 0.2) is 0 Å². The molecule has 0 aromatic carbocycles. The van der Waals surface area contributed by atoms with Gasteiger partial charge < -0.3 is 29.1 Å². The summed E-state index contributed by atoms with van der Waals surface area (Å²) in [6.07, 6.45) is 0. The Balaban J connectivity index is -0.000000107. The fraction of sp³-hybridized carbons (Fsp3) is 0.750. The first-order valence-electron chi connectivity index (χ1n) is 2.97. The van der Waals surface area contributed by atoms with E-state index < -0.39 is 0 Å². The molecule has 12 heavy (non-hydrogen) atoms. The Morgan fingerprint density at radius 2 is 1.08 bits per heavy atom. The first-order valence-corrected chi connectivity index (χ1v) is 2.97. The van der Waals surface area contributed by atoms with Crippen molar-refractivity contribution in [1.82, 2.24) is 0 Å². The summed E-state index contributed by atoms with van der Waals surface area (Å²) in [6.45, 7) is 2.62. The van der Waals surface area contributed by atoms with Crippen molar-refractivity contribution in [2.75, 3.05) is 40.6 Å². The van der Waals surface area contributed by atoms with Crippen molar-refractivity contribution in [2.24, 2.45) is 0 Å². The Kier molecular flexibility index (Phi) is 43.0. The van der Waals surface area contributed by atoms with Crippen molar-refractivity contribution >= 4 is 0 Å². The second kappa shape index (κ2) is 22.5. The van der Waals surface area contributed by atoms with Crippen LogP contribution in [0.25, 0.3) is 0 Å². The third kappa shape index (κ3) is 22.4. The molecule has 0 radical (unpaired) electrons. The SMILES string of the molecule is COCCOCCOC.[CH3-].[CH3-].[Zn+2]. The molecule has 0 atom stereocenters. The zero-order valence-corrected chi connectivity index (χ0v) is 11.7. The van der Waals surface area contributed by atoms with Crippen molar-refractivity contribution in [1.29, 1.82) is 0 Å². The molecule has 72 valence electrons. The summed E-state index contributed by atoms with van der Waals surface area (Å²) in [6, 6.07) is 0. The molecule has 0 aliphatic rings. The largest absolute Gasteiger partial charge is 2.00 e. The zero-order valence-electron chi connectivity index (χ0n) is 8.76. The Hall–Kier alpha value is 0.503. The summed E-state index contributed by atoms with van der Waals surface area (Å²) >= 11 is 0. The minimum Gasteiger partial charge on any atom is -0.382 e. The van der Waals surface area contributed by atoms with Gasteiger partial charge in [0.1, 0.15) is 0 Å². The van der Waals surface area contributed by atoms with Crippen molar-refractivity contribution in [3.05, 3.63) is 14.9 Å². The van der Waals surface area contributed by atoms with Gasteiger partial charge in [-0.05, 0) is 0 Å². The topological polar surface area (TPSA) is 27.7 Å². The maximum Gasteiger partial charge on any atom is 2.00 e. The average Bonchev–Trinajstić information content (AvgIpc) is 1.89. The molecule has 0 rings (SSSR count). The Morgan fingerprint density at radius 3 is 1.33 bits per heavy atom. The molecule has 0 bridgehead atoms. The number of hydrogen-bond acceptors (Lipinski definition) is 3. The van der Waals surface area contributed by atoms with Gasteiger partial charge in [-0.2, -0.15) is 0 Å². The summed E-state index contributed by atoms with van der Waals surface area (Å²) < 4.78 is 14.6. The summed E-state index contributed by atoms with van der Waals surface area (Å²) in [7, 11) is 3.30. The van der Waals surface area contributed by atoms with Crippen LogP contribution >= 0.6 is 0 Å². The van der Waals surface area contributed by atoms with Crippen molar-refractivity contribution < 1.29 is 33.7 Å². The fourth-order valence-electron chi connectivity index (χ4n) is 0.387. The number of rotatable bonds is 6. The summed E-state index contributed by atoms with van der Waals surface area (Å²) in [5, 5.41) is 0. The molecule has 0 aromatic heterocycles. The Labute approximate surface area is 89.5 Å². The van der Waals surface area contributed by atoms with Crippen LogP contribution in [0.5, 0.6) is 0 Å². The van der Waals surface area contributed by atoms with Crippen LogP contribution in [0.4, 0.5) is 0 Å². The fourth-order valence-corrected chi connectivity index (χ4v) is 0.387. The van der Waals surface area contributed by atoms with Crippen LogP contribution in [0, 0.1) is 14.9 Å². The van der Waals surface area contributed by atoms with Gasteiger partial charge in [0, 0.05) is 14.2 Å². The molecule has 4 heteroatoms. The maximum absolute atomic E-state index is 5.06. The van der Waals surface area contributed by atoms with Gasteiger partial charge in [-0.25, -0.2) is 0 Å². The van der Waals surface area contributed by atoms with Gasteiger partial charge >= 0.3 is 19.5 Å². The minimum absolute atomic E-state index is 0. The van der Waals surface area contributed by atoms with Gasteiger partial charge in [0.05, 0.1) is 26.4 Å². The minimum atomic E-state index is 0. The van der Waals surface area contributed by atoms with E-state index in [-0.39, 0.29) is 34.3 Å². The molecule has 3 nitrogen and oxygen atoms in total. The van der Waals surface area contributed by atoms with Gasteiger partial charge in [-0.3, -0.25) is 0 Å². The second-order valence-corrected chi connectivity index (χ2v) is 1.60. The average molecular weight is 230 g/mol. The standard InChI is InChI=1S/C6H14O3.2CH3.Zn/c1-7-3-5-9-6-4-8-2;;;/h3-6H2,1-2H3;2*1H3;/q;2*-1;+2. The molecule has 0 heterocycles. The molecule has 0 fully saturated rings. The maximum atomic E-state index is 5.06. The third-order valence-electron chi connectivity index (χ3n) is 0.864. The van der Waals surface area contributed by atoms with E-state index in [1.165, 1.54) is 0 Å². The molecular weight excluding hydrogens is 209 g/mol. The molecule has 0 aliphatic heterocycles. The monoisotopic (exact) mass is 228 g/mol. The molecule has 0 saturated heterocycles. The molecule has 0 N–H and O–H groups in total. The van der Waals surface area contributed by atoms with Crippen molar-refractivity contribution in [3.8, 4) is 0 Å². The van der Waals surface area contributed by atoms with Crippen LogP contribution in [-0.4, -0.2) is 40.6 Å². The first kappa shape index (κ1) is 22.9.